The fourth-order valence-corrected chi connectivity index (χ4v) is 4.41. The van der Waals surface area contributed by atoms with Crippen molar-refractivity contribution in [3.8, 4) is 12.3 Å². The molecule has 5 atom stereocenters. The Morgan fingerprint density at radius 3 is 1.76 bits per heavy atom. The largest absolute Gasteiger partial charge is 0.463 e. The predicted octanol–water partition coefficient (Wildman–Crippen LogP) is 3.70. The molecule has 1 saturated heterocycles. The molecule has 0 spiro atoms. The maximum absolute atomic E-state index is 12.8. The highest BCUT2D eigenvalue weighted by molar-refractivity contribution is 5.72. The van der Waals surface area contributed by atoms with Crippen molar-refractivity contribution in [3.63, 3.8) is 0 Å². The number of unbranched alkanes of at least 4 members (excludes halogenated alkanes) is 1. The van der Waals surface area contributed by atoms with E-state index in [-0.39, 0.29) is 38.9 Å². The van der Waals surface area contributed by atoms with Crippen LogP contribution in [0.3, 0.4) is 0 Å². The van der Waals surface area contributed by atoms with Crippen LogP contribution in [0, 0.1) is 12.3 Å². The van der Waals surface area contributed by atoms with Gasteiger partial charge in [-0.2, -0.15) is 0 Å². The molecule has 11 heteroatoms. The molecule has 0 saturated carbocycles. The number of carbonyl (C=O) groups is 4. The molecule has 0 amide bonds. The minimum atomic E-state index is -1.23. The lowest BCUT2D eigenvalue weighted by Crippen LogP contribution is -2.63. The Labute approximate surface area is 251 Å². The van der Waals surface area contributed by atoms with Crippen molar-refractivity contribution in [3.05, 3.63) is 0 Å². The third kappa shape index (κ3) is 14.0. The number of rotatable bonds is 20. The highest BCUT2D eigenvalue weighted by atomic mass is 16.7. The molecular formula is C31H52NO10+. The van der Waals surface area contributed by atoms with Crippen LogP contribution in [0.1, 0.15) is 91.9 Å². The molecule has 0 bridgehead atoms. The number of hydrogen-bond acceptors (Lipinski definition) is 10. The van der Waals surface area contributed by atoms with Gasteiger partial charge in [0.25, 0.3) is 0 Å². The lowest BCUT2D eigenvalue weighted by atomic mass is 9.97. The van der Waals surface area contributed by atoms with Crippen molar-refractivity contribution in [1.82, 2.24) is 0 Å². The van der Waals surface area contributed by atoms with Gasteiger partial charge in [0.05, 0.1) is 27.2 Å². The first-order valence-corrected chi connectivity index (χ1v) is 15.3. The third-order valence-corrected chi connectivity index (χ3v) is 6.58. The Bertz CT molecular complexity index is 883. The van der Waals surface area contributed by atoms with E-state index in [0.717, 1.165) is 13.0 Å². The first-order chi connectivity index (χ1) is 20.0. The number of nitrogens with zero attached hydrogens (tertiary/aromatic N) is 1. The summed E-state index contributed by atoms with van der Waals surface area (Å²) in [7, 11) is 4.10. The maximum atomic E-state index is 12.8. The van der Waals surface area contributed by atoms with Crippen molar-refractivity contribution in [2.45, 2.75) is 123 Å². The summed E-state index contributed by atoms with van der Waals surface area (Å²) in [6.45, 7) is 8.75. The summed E-state index contributed by atoms with van der Waals surface area (Å²) in [5.41, 5.74) is 0. The Balaban J connectivity index is 3.32. The van der Waals surface area contributed by atoms with Gasteiger partial charge in [-0.3, -0.25) is 19.2 Å². The smallest absolute Gasteiger partial charge is 0.306 e. The van der Waals surface area contributed by atoms with E-state index in [9.17, 15) is 19.2 Å². The lowest BCUT2D eigenvalue weighted by molar-refractivity contribution is -0.883. The molecule has 0 aromatic heterocycles. The van der Waals surface area contributed by atoms with Crippen molar-refractivity contribution in [2.75, 3.05) is 40.4 Å². The van der Waals surface area contributed by atoms with Gasteiger partial charge < -0.3 is 32.9 Å². The molecule has 240 valence electrons. The minimum absolute atomic E-state index is 0.107. The van der Waals surface area contributed by atoms with Crippen LogP contribution in [0.25, 0.3) is 0 Å². The van der Waals surface area contributed by atoms with E-state index in [1.807, 2.05) is 41.8 Å². The first kappa shape index (κ1) is 37.3. The maximum Gasteiger partial charge on any atom is 0.306 e. The summed E-state index contributed by atoms with van der Waals surface area (Å²) >= 11 is 0. The van der Waals surface area contributed by atoms with Crippen LogP contribution >= 0.6 is 0 Å². The second kappa shape index (κ2) is 20.3. The van der Waals surface area contributed by atoms with Gasteiger partial charge in [-0.15, -0.1) is 6.42 Å². The number of hydrogen-bond donors (Lipinski definition) is 0. The van der Waals surface area contributed by atoms with E-state index in [1.165, 1.54) is 0 Å². The molecular weight excluding hydrogens is 546 g/mol. The zero-order valence-electron chi connectivity index (χ0n) is 26.4. The molecule has 0 radical (unpaired) electrons. The molecule has 11 nitrogen and oxygen atoms in total. The van der Waals surface area contributed by atoms with E-state index in [2.05, 4.69) is 5.92 Å². The van der Waals surface area contributed by atoms with Crippen molar-refractivity contribution < 1.29 is 52.1 Å². The average molecular weight is 599 g/mol. The highest BCUT2D eigenvalue weighted by Gasteiger charge is 2.53. The van der Waals surface area contributed by atoms with Gasteiger partial charge in [0.15, 0.2) is 24.6 Å². The van der Waals surface area contributed by atoms with Crippen LogP contribution < -0.4 is 0 Å². The summed E-state index contributed by atoms with van der Waals surface area (Å²) < 4.78 is 35.7. The van der Waals surface area contributed by atoms with Crippen molar-refractivity contribution >= 4 is 23.9 Å². The lowest BCUT2D eigenvalue weighted by Gasteiger charge is -2.44. The van der Waals surface area contributed by atoms with Crippen LogP contribution in [-0.2, 0) is 47.6 Å². The fraction of sp³-hybridized carbons (Fsp3) is 0.806. The normalized spacial score (nSPS) is 22.1. The van der Waals surface area contributed by atoms with Crippen LogP contribution in [0.2, 0.25) is 0 Å². The molecule has 1 fully saturated rings. The first-order valence-electron chi connectivity index (χ1n) is 15.3. The Hall–Kier alpha value is -2.68. The van der Waals surface area contributed by atoms with Crippen LogP contribution in [0.4, 0.5) is 0 Å². The molecule has 1 heterocycles. The molecule has 1 aliphatic rings. The second-order valence-electron chi connectivity index (χ2n) is 11.2. The average Bonchev–Trinajstić information content (AvgIpc) is 2.91. The van der Waals surface area contributed by atoms with Crippen LogP contribution in [-0.4, -0.2) is 99.5 Å². The van der Waals surface area contributed by atoms with Gasteiger partial charge in [-0.25, -0.2) is 0 Å². The molecule has 0 aromatic rings. The highest BCUT2D eigenvalue weighted by Crippen LogP contribution is 2.31. The summed E-state index contributed by atoms with van der Waals surface area (Å²) in [4.78, 5) is 50.3. The number of quaternary nitrogens is 1. The quantitative estimate of drug-likeness (QED) is 0.0674. The number of terminal acetylenes is 1. The molecule has 1 rings (SSSR count). The number of esters is 4. The minimum Gasteiger partial charge on any atom is -0.463 e. The van der Waals surface area contributed by atoms with Gasteiger partial charge in [0.2, 0.25) is 0 Å². The molecule has 1 aliphatic heterocycles. The Morgan fingerprint density at radius 2 is 1.24 bits per heavy atom. The Morgan fingerprint density at radius 1 is 0.738 bits per heavy atom. The zero-order chi connectivity index (χ0) is 31.5. The van der Waals surface area contributed by atoms with Crippen LogP contribution in [0.15, 0.2) is 0 Å². The van der Waals surface area contributed by atoms with Gasteiger partial charge in [0, 0.05) is 25.7 Å². The monoisotopic (exact) mass is 598 g/mol. The molecule has 42 heavy (non-hydrogen) atoms. The molecule has 0 aromatic carbocycles. The van der Waals surface area contributed by atoms with Gasteiger partial charge >= 0.3 is 23.9 Å². The number of carbonyl (C=O) groups excluding carboxylic acids is 4. The van der Waals surface area contributed by atoms with Gasteiger partial charge in [-0.1, -0.05) is 27.7 Å². The summed E-state index contributed by atoms with van der Waals surface area (Å²) in [6, 6.07) is 0. The zero-order valence-corrected chi connectivity index (χ0v) is 26.4. The topological polar surface area (TPSA) is 124 Å². The van der Waals surface area contributed by atoms with E-state index in [4.69, 9.17) is 34.8 Å². The summed E-state index contributed by atoms with van der Waals surface area (Å²) in [5, 5.41) is 0. The standard InChI is InChI=1S/C31H52NO10/c1-8-15-24(33)38-22-23-28(40-25(34)16-9-2)29(41-26(35)17-10-3)30(42-27(36)18-11-4)31(39-23)37-21-14-13-20-32(6,7)19-12-5/h5,23,28-31H,8-11,13-22H2,1-4,6-7H3/q+1/t23?,28-,29-,30+,31?/m1/s1. The SMILES string of the molecule is C#CC[N+](C)(C)CCCCOC1OC(COC(=O)CCC)[C@@H](OC(=O)CCC)[C@@H](OC(=O)CCC)[C@@H]1OC(=O)CCC. The summed E-state index contributed by atoms with van der Waals surface area (Å²) in [5.74, 6) is 0.614. The van der Waals surface area contributed by atoms with E-state index >= 15 is 0 Å². The van der Waals surface area contributed by atoms with Gasteiger partial charge in [0.1, 0.15) is 19.3 Å². The van der Waals surface area contributed by atoms with Gasteiger partial charge in [-0.05, 0) is 44.4 Å². The van der Waals surface area contributed by atoms with E-state index in [0.29, 0.717) is 43.1 Å². The molecule has 0 N–H and O–H groups in total. The fourth-order valence-electron chi connectivity index (χ4n) is 4.41. The third-order valence-electron chi connectivity index (χ3n) is 6.58. The second-order valence-corrected chi connectivity index (χ2v) is 11.2. The molecule has 2 unspecified atom stereocenters. The molecule has 0 aliphatic carbocycles. The summed E-state index contributed by atoms with van der Waals surface area (Å²) in [6.07, 6.45) is 3.85. The van der Waals surface area contributed by atoms with Crippen molar-refractivity contribution in [1.29, 1.82) is 0 Å². The van der Waals surface area contributed by atoms with Crippen LogP contribution in [0.5, 0.6) is 0 Å². The van der Waals surface area contributed by atoms with E-state index in [1.54, 1.807) is 0 Å². The van der Waals surface area contributed by atoms with Crippen molar-refractivity contribution in [2.24, 2.45) is 0 Å². The Kier molecular flexibility index (Phi) is 18.0. The number of ether oxygens (including phenoxy) is 6. The predicted molar refractivity (Wildman–Crippen MR) is 155 cm³/mol. The van der Waals surface area contributed by atoms with E-state index < -0.39 is 54.6 Å².